The van der Waals surface area contributed by atoms with Crippen LogP contribution in [0.3, 0.4) is 0 Å². The molecular formula is C13H21N3S. The summed E-state index contributed by atoms with van der Waals surface area (Å²) in [6.07, 6.45) is 5.31. The molecule has 4 heteroatoms. The Balaban J connectivity index is 1.63. The van der Waals surface area contributed by atoms with E-state index in [1.54, 1.807) is 0 Å². The quantitative estimate of drug-likeness (QED) is 0.892. The number of hydrogen-bond donors (Lipinski definition) is 1. The van der Waals surface area contributed by atoms with Crippen LogP contribution in [-0.2, 0) is 6.54 Å². The Morgan fingerprint density at radius 1 is 1.41 bits per heavy atom. The van der Waals surface area contributed by atoms with Gasteiger partial charge in [-0.3, -0.25) is 4.90 Å². The van der Waals surface area contributed by atoms with Crippen LogP contribution in [0.2, 0.25) is 0 Å². The third-order valence-corrected chi connectivity index (χ3v) is 4.77. The normalized spacial score (nSPS) is 26.3. The van der Waals surface area contributed by atoms with Crippen LogP contribution in [0, 0.1) is 5.92 Å². The lowest BCUT2D eigenvalue weighted by Gasteiger charge is -2.31. The van der Waals surface area contributed by atoms with Gasteiger partial charge in [0.05, 0.1) is 11.2 Å². The van der Waals surface area contributed by atoms with Crippen LogP contribution in [0.25, 0.3) is 0 Å². The summed E-state index contributed by atoms with van der Waals surface area (Å²) in [5, 5.41) is 0. The van der Waals surface area contributed by atoms with Gasteiger partial charge in [-0.25, -0.2) is 4.98 Å². The van der Waals surface area contributed by atoms with Gasteiger partial charge in [-0.15, -0.1) is 11.3 Å². The van der Waals surface area contributed by atoms with Crippen molar-refractivity contribution in [2.24, 2.45) is 11.7 Å². The van der Waals surface area contributed by atoms with E-state index < -0.39 is 0 Å². The average Bonchev–Trinajstić information content (AvgIpc) is 3.11. The molecule has 1 saturated carbocycles. The fraction of sp³-hybridized carbons (Fsp3) is 0.769. The Labute approximate surface area is 107 Å². The lowest BCUT2D eigenvalue weighted by Crippen LogP contribution is -2.37. The van der Waals surface area contributed by atoms with Crippen molar-refractivity contribution in [2.75, 3.05) is 19.6 Å². The third kappa shape index (κ3) is 2.69. The van der Waals surface area contributed by atoms with Gasteiger partial charge in [0.1, 0.15) is 0 Å². The molecular weight excluding hydrogens is 230 g/mol. The minimum Gasteiger partial charge on any atom is -0.330 e. The maximum atomic E-state index is 5.79. The minimum atomic E-state index is 0.709. The molecule has 0 spiro atoms. The van der Waals surface area contributed by atoms with Crippen molar-refractivity contribution in [3.63, 3.8) is 0 Å². The lowest BCUT2D eigenvalue weighted by atomic mass is 9.98. The molecule has 2 aliphatic rings. The van der Waals surface area contributed by atoms with Gasteiger partial charge >= 0.3 is 0 Å². The van der Waals surface area contributed by atoms with Gasteiger partial charge in [0, 0.05) is 23.9 Å². The van der Waals surface area contributed by atoms with Crippen molar-refractivity contribution in [1.29, 1.82) is 0 Å². The van der Waals surface area contributed by atoms with Gasteiger partial charge < -0.3 is 5.73 Å². The number of nitrogens with zero attached hydrogens (tertiary/aromatic N) is 2. The van der Waals surface area contributed by atoms with Crippen LogP contribution in [0.4, 0.5) is 0 Å². The summed E-state index contributed by atoms with van der Waals surface area (Å²) in [6, 6.07) is 0. The summed E-state index contributed by atoms with van der Waals surface area (Å²) in [5.74, 6) is 1.49. The molecule has 3 nitrogen and oxygen atoms in total. The first-order valence-corrected chi connectivity index (χ1v) is 7.59. The van der Waals surface area contributed by atoms with E-state index in [1.165, 1.54) is 49.3 Å². The van der Waals surface area contributed by atoms with Crippen LogP contribution < -0.4 is 5.73 Å². The molecule has 2 heterocycles. The highest BCUT2D eigenvalue weighted by Crippen LogP contribution is 2.42. The number of hydrogen-bond acceptors (Lipinski definition) is 4. The van der Waals surface area contributed by atoms with E-state index in [0.29, 0.717) is 5.92 Å². The Hall–Kier alpha value is -0.450. The summed E-state index contributed by atoms with van der Waals surface area (Å²) >= 11 is 1.84. The smallest absolute Gasteiger partial charge is 0.0798 e. The summed E-state index contributed by atoms with van der Waals surface area (Å²) in [4.78, 5) is 8.62. The topological polar surface area (TPSA) is 42.1 Å². The van der Waals surface area contributed by atoms with Crippen LogP contribution in [0.5, 0.6) is 0 Å². The van der Waals surface area contributed by atoms with Crippen LogP contribution in [0.1, 0.15) is 42.2 Å². The van der Waals surface area contributed by atoms with Crippen LogP contribution in [-0.4, -0.2) is 29.5 Å². The second-order valence-corrected chi connectivity index (χ2v) is 6.35. The lowest BCUT2D eigenvalue weighted by molar-refractivity contribution is 0.172. The summed E-state index contributed by atoms with van der Waals surface area (Å²) in [7, 11) is 0. The molecule has 0 aromatic carbocycles. The molecule has 3 rings (SSSR count). The highest BCUT2D eigenvalue weighted by molar-refractivity contribution is 7.09. The third-order valence-electron chi connectivity index (χ3n) is 3.94. The van der Waals surface area contributed by atoms with E-state index >= 15 is 0 Å². The van der Waals surface area contributed by atoms with Gasteiger partial charge in [-0.1, -0.05) is 0 Å². The molecule has 2 N–H and O–H groups in total. The fourth-order valence-corrected chi connectivity index (χ4v) is 3.67. The number of likely N-dealkylation sites (tertiary alicyclic amines) is 1. The highest BCUT2D eigenvalue weighted by atomic mass is 32.1. The highest BCUT2D eigenvalue weighted by Gasteiger charge is 2.29. The number of rotatable bonds is 4. The van der Waals surface area contributed by atoms with Gasteiger partial charge in [0.15, 0.2) is 0 Å². The van der Waals surface area contributed by atoms with Gasteiger partial charge in [-0.2, -0.15) is 0 Å². The first-order chi connectivity index (χ1) is 8.36. The fourth-order valence-electron chi connectivity index (χ4n) is 2.78. The largest absolute Gasteiger partial charge is 0.330 e. The van der Waals surface area contributed by atoms with E-state index in [2.05, 4.69) is 9.88 Å². The first-order valence-electron chi connectivity index (χ1n) is 6.71. The maximum absolute atomic E-state index is 5.79. The Bertz CT molecular complexity index is 372. The zero-order valence-corrected chi connectivity index (χ0v) is 11.1. The van der Waals surface area contributed by atoms with Crippen LogP contribution in [0.15, 0.2) is 5.51 Å². The van der Waals surface area contributed by atoms with E-state index in [-0.39, 0.29) is 0 Å². The van der Waals surface area contributed by atoms with Crippen molar-refractivity contribution in [3.05, 3.63) is 16.1 Å². The van der Waals surface area contributed by atoms with Gasteiger partial charge in [0.25, 0.3) is 0 Å². The molecule has 1 aromatic heterocycles. The van der Waals surface area contributed by atoms with Crippen molar-refractivity contribution < 1.29 is 0 Å². The van der Waals surface area contributed by atoms with Crippen molar-refractivity contribution in [3.8, 4) is 0 Å². The molecule has 2 fully saturated rings. The summed E-state index contributed by atoms with van der Waals surface area (Å²) < 4.78 is 0. The molecule has 1 unspecified atom stereocenters. The van der Waals surface area contributed by atoms with Crippen molar-refractivity contribution in [1.82, 2.24) is 9.88 Å². The van der Waals surface area contributed by atoms with Crippen molar-refractivity contribution in [2.45, 2.75) is 38.1 Å². The predicted octanol–water partition coefficient (Wildman–Crippen LogP) is 2.19. The zero-order valence-electron chi connectivity index (χ0n) is 10.3. The second kappa shape index (κ2) is 5.04. The summed E-state index contributed by atoms with van der Waals surface area (Å²) in [6.45, 7) is 4.36. The first kappa shape index (κ1) is 11.6. The second-order valence-electron chi connectivity index (χ2n) is 5.41. The molecule has 0 amide bonds. The molecule has 94 valence electrons. The molecule has 0 bridgehead atoms. The molecule has 1 aliphatic heterocycles. The number of piperidine rings is 1. The van der Waals surface area contributed by atoms with E-state index in [9.17, 15) is 0 Å². The maximum Gasteiger partial charge on any atom is 0.0798 e. The molecule has 1 aromatic rings. The van der Waals surface area contributed by atoms with Crippen LogP contribution >= 0.6 is 11.3 Å². The Morgan fingerprint density at radius 2 is 2.29 bits per heavy atom. The summed E-state index contributed by atoms with van der Waals surface area (Å²) in [5.41, 5.74) is 9.21. The van der Waals surface area contributed by atoms with E-state index in [1.807, 2.05) is 16.8 Å². The molecule has 17 heavy (non-hydrogen) atoms. The molecule has 1 aliphatic carbocycles. The Kier molecular flexibility index (Phi) is 3.45. The van der Waals surface area contributed by atoms with Gasteiger partial charge in [-0.05, 0) is 44.7 Å². The Morgan fingerprint density at radius 3 is 3.06 bits per heavy atom. The molecule has 1 atom stereocenters. The molecule has 0 radical (unpaired) electrons. The number of thiazole rings is 1. The van der Waals surface area contributed by atoms with E-state index in [0.717, 1.165) is 19.0 Å². The molecule has 1 saturated heterocycles. The number of aromatic nitrogens is 1. The average molecular weight is 251 g/mol. The standard InChI is InChI=1S/C13H21N3S/c14-6-10-2-1-5-16(7-10)8-12-13(11-3-4-11)15-9-17-12/h9-11H,1-8,14H2. The predicted molar refractivity (Wildman–Crippen MR) is 71.1 cm³/mol. The number of nitrogens with two attached hydrogens (primary N) is 1. The van der Waals surface area contributed by atoms with Crippen molar-refractivity contribution >= 4 is 11.3 Å². The monoisotopic (exact) mass is 251 g/mol. The SMILES string of the molecule is NCC1CCCN(Cc2scnc2C2CC2)C1. The zero-order chi connectivity index (χ0) is 11.7. The minimum absolute atomic E-state index is 0.709. The van der Waals surface area contributed by atoms with E-state index in [4.69, 9.17) is 5.73 Å². The van der Waals surface area contributed by atoms with Gasteiger partial charge in [0.2, 0.25) is 0 Å².